The third kappa shape index (κ3) is 3.76. The monoisotopic (exact) mass is 372 g/mol. The zero-order chi connectivity index (χ0) is 14.8. The number of para-hydroxylation sites is 2. The van der Waals surface area contributed by atoms with Crippen molar-refractivity contribution in [1.29, 1.82) is 0 Å². The van der Waals surface area contributed by atoms with E-state index in [4.69, 9.17) is 23.2 Å². The lowest BCUT2D eigenvalue weighted by molar-refractivity contribution is 0.102. The van der Waals surface area contributed by atoms with Crippen LogP contribution in [0.25, 0.3) is 11.0 Å². The highest BCUT2D eigenvalue weighted by Crippen LogP contribution is 2.24. The molecular weight excluding hydrogens is 363 g/mol. The van der Waals surface area contributed by atoms with Crippen molar-refractivity contribution in [3.8, 4) is 0 Å². The second-order valence-corrected chi connectivity index (χ2v) is 6.20. The SMILES string of the molecule is Cl.O=C(CSc1nc2ccccc2[nH]1)c1ccc(Cl)cc1Cl. The molecule has 0 saturated heterocycles. The number of nitrogens with zero attached hydrogens (tertiary/aromatic N) is 1. The van der Waals surface area contributed by atoms with Gasteiger partial charge in [0.15, 0.2) is 10.9 Å². The van der Waals surface area contributed by atoms with Gasteiger partial charge in [-0.3, -0.25) is 4.79 Å². The molecule has 0 amide bonds. The molecule has 0 spiro atoms. The molecule has 114 valence electrons. The number of carbonyl (C=O) groups is 1. The molecule has 22 heavy (non-hydrogen) atoms. The van der Waals surface area contributed by atoms with Crippen LogP contribution in [0.15, 0.2) is 47.6 Å². The summed E-state index contributed by atoms with van der Waals surface area (Å²) in [6.45, 7) is 0. The maximum absolute atomic E-state index is 12.2. The van der Waals surface area contributed by atoms with Gasteiger partial charge in [0.05, 0.1) is 21.8 Å². The zero-order valence-corrected chi connectivity index (χ0v) is 14.3. The van der Waals surface area contributed by atoms with Crippen molar-refractivity contribution >= 4 is 64.2 Å². The number of hydrogen-bond acceptors (Lipinski definition) is 3. The van der Waals surface area contributed by atoms with Crippen LogP contribution in [0, 0.1) is 0 Å². The van der Waals surface area contributed by atoms with Crippen LogP contribution in [0.1, 0.15) is 10.4 Å². The van der Waals surface area contributed by atoms with Crippen LogP contribution >= 0.6 is 47.4 Å². The molecule has 0 fully saturated rings. The number of aromatic amines is 1. The minimum atomic E-state index is -0.0536. The van der Waals surface area contributed by atoms with Crippen molar-refractivity contribution < 1.29 is 4.79 Å². The Morgan fingerprint density at radius 2 is 1.95 bits per heavy atom. The molecule has 1 aromatic heterocycles. The number of rotatable bonds is 4. The Hall–Kier alpha value is -1.20. The maximum atomic E-state index is 12.2. The molecule has 2 aromatic carbocycles. The second-order valence-electron chi connectivity index (χ2n) is 4.40. The average Bonchev–Trinajstić information content (AvgIpc) is 2.87. The first-order chi connectivity index (χ1) is 10.1. The number of ketones is 1. The zero-order valence-electron chi connectivity index (χ0n) is 11.2. The van der Waals surface area contributed by atoms with E-state index < -0.39 is 0 Å². The molecule has 3 rings (SSSR count). The Morgan fingerprint density at radius 3 is 2.68 bits per heavy atom. The van der Waals surface area contributed by atoms with Gasteiger partial charge in [-0.05, 0) is 30.3 Å². The number of hydrogen-bond donors (Lipinski definition) is 1. The molecule has 1 heterocycles. The normalized spacial score (nSPS) is 10.5. The molecule has 1 N–H and O–H groups in total. The Kier molecular flexibility index (Phi) is 5.75. The molecule has 0 aliphatic rings. The van der Waals surface area contributed by atoms with E-state index in [0.29, 0.717) is 15.6 Å². The van der Waals surface area contributed by atoms with Gasteiger partial charge in [-0.1, -0.05) is 47.1 Å². The van der Waals surface area contributed by atoms with Crippen LogP contribution in [-0.2, 0) is 0 Å². The fourth-order valence-corrected chi connectivity index (χ4v) is 3.21. The summed E-state index contributed by atoms with van der Waals surface area (Å²) in [6.07, 6.45) is 0. The standard InChI is InChI=1S/C15H10Cl2N2OS.ClH/c16-9-5-6-10(11(17)7-9)14(20)8-21-15-18-12-3-1-2-4-13(12)19-15;/h1-7H,8H2,(H,18,19);1H. The summed E-state index contributed by atoms with van der Waals surface area (Å²) in [5.41, 5.74) is 2.32. The van der Waals surface area contributed by atoms with Gasteiger partial charge in [-0.2, -0.15) is 0 Å². The van der Waals surface area contributed by atoms with Crippen LogP contribution in [0.3, 0.4) is 0 Å². The fraction of sp³-hybridized carbons (Fsp3) is 0.0667. The van der Waals surface area contributed by atoms with E-state index in [1.807, 2.05) is 24.3 Å². The van der Waals surface area contributed by atoms with Gasteiger partial charge in [-0.15, -0.1) is 12.4 Å². The first kappa shape index (κ1) is 17.2. The molecular formula is C15H11Cl3N2OS. The third-order valence-corrected chi connectivity index (χ3v) is 4.36. The Morgan fingerprint density at radius 1 is 1.18 bits per heavy atom. The number of aromatic nitrogens is 2. The molecule has 7 heteroatoms. The number of halogens is 3. The van der Waals surface area contributed by atoms with E-state index in [-0.39, 0.29) is 23.9 Å². The summed E-state index contributed by atoms with van der Waals surface area (Å²) < 4.78 is 0. The molecule has 0 saturated carbocycles. The summed E-state index contributed by atoms with van der Waals surface area (Å²) in [6, 6.07) is 12.6. The van der Waals surface area contributed by atoms with Crippen molar-refractivity contribution in [2.75, 3.05) is 5.75 Å². The van der Waals surface area contributed by atoms with Gasteiger partial charge in [0.25, 0.3) is 0 Å². The second kappa shape index (κ2) is 7.38. The smallest absolute Gasteiger partial charge is 0.174 e. The molecule has 0 bridgehead atoms. The lowest BCUT2D eigenvalue weighted by Crippen LogP contribution is -2.03. The Balaban J connectivity index is 0.00000176. The molecule has 0 radical (unpaired) electrons. The van der Waals surface area contributed by atoms with Gasteiger partial charge in [0, 0.05) is 10.6 Å². The Labute approximate surface area is 147 Å². The van der Waals surface area contributed by atoms with E-state index >= 15 is 0 Å². The van der Waals surface area contributed by atoms with E-state index in [1.54, 1.807) is 18.2 Å². The number of benzene rings is 2. The van der Waals surface area contributed by atoms with Crippen molar-refractivity contribution in [3.63, 3.8) is 0 Å². The summed E-state index contributed by atoms with van der Waals surface area (Å²) in [5.74, 6) is 0.211. The summed E-state index contributed by atoms with van der Waals surface area (Å²) >= 11 is 13.2. The number of thioether (sulfide) groups is 1. The minimum absolute atomic E-state index is 0. The first-order valence-corrected chi connectivity index (χ1v) is 7.93. The molecule has 3 nitrogen and oxygen atoms in total. The number of nitrogens with one attached hydrogen (secondary N) is 1. The van der Waals surface area contributed by atoms with Gasteiger partial charge in [-0.25, -0.2) is 4.98 Å². The van der Waals surface area contributed by atoms with Gasteiger partial charge >= 0.3 is 0 Å². The van der Waals surface area contributed by atoms with Crippen LogP contribution in [0.2, 0.25) is 10.0 Å². The van der Waals surface area contributed by atoms with E-state index in [1.165, 1.54) is 11.8 Å². The molecule has 0 aliphatic heterocycles. The van der Waals surface area contributed by atoms with Gasteiger partial charge < -0.3 is 4.98 Å². The number of carbonyl (C=O) groups excluding carboxylic acids is 1. The topological polar surface area (TPSA) is 45.8 Å². The predicted octanol–water partition coefficient (Wildman–Crippen LogP) is 5.27. The maximum Gasteiger partial charge on any atom is 0.174 e. The summed E-state index contributed by atoms with van der Waals surface area (Å²) in [4.78, 5) is 19.8. The largest absolute Gasteiger partial charge is 0.333 e. The van der Waals surface area contributed by atoms with Gasteiger partial charge in [0.2, 0.25) is 0 Å². The average molecular weight is 374 g/mol. The summed E-state index contributed by atoms with van der Waals surface area (Å²) in [7, 11) is 0. The molecule has 0 atom stereocenters. The Bertz CT molecular complexity index is 786. The lowest BCUT2D eigenvalue weighted by atomic mass is 10.1. The molecule has 3 aromatic rings. The highest BCUT2D eigenvalue weighted by Gasteiger charge is 2.12. The lowest BCUT2D eigenvalue weighted by Gasteiger charge is -2.02. The number of Topliss-reactive ketones (excluding diaryl/α,β-unsaturated/α-hetero) is 1. The highest BCUT2D eigenvalue weighted by molar-refractivity contribution is 7.99. The van der Waals surface area contributed by atoms with Crippen LogP contribution in [0.4, 0.5) is 0 Å². The minimum Gasteiger partial charge on any atom is -0.333 e. The van der Waals surface area contributed by atoms with E-state index in [9.17, 15) is 4.79 Å². The van der Waals surface area contributed by atoms with Crippen LogP contribution in [0.5, 0.6) is 0 Å². The number of fused-ring (bicyclic) bond motifs is 1. The van der Waals surface area contributed by atoms with Crippen LogP contribution in [-0.4, -0.2) is 21.5 Å². The van der Waals surface area contributed by atoms with Gasteiger partial charge in [0.1, 0.15) is 0 Å². The first-order valence-electron chi connectivity index (χ1n) is 6.19. The highest BCUT2D eigenvalue weighted by atomic mass is 35.5. The quantitative estimate of drug-likeness (QED) is 0.501. The number of imidazole rings is 1. The molecule has 0 aliphatic carbocycles. The van der Waals surface area contributed by atoms with Crippen molar-refractivity contribution in [2.24, 2.45) is 0 Å². The molecule has 0 unspecified atom stereocenters. The fourth-order valence-electron chi connectivity index (χ4n) is 1.93. The number of H-pyrrole nitrogens is 1. The van der Waals surface area contributed by atoms with Crippen molar-refractivity contribution in [2.45, 2.75) is 5.16 Å². The van der Waals surface area contributed by atoms with E-state index in [2.05, 4.69) is 9.97 Å². The summed E-state index contributed by atoms with van der Waals surface area (Å²) in [5, 5.41) is 1.61. The van der Waals surface area contributed by atoms with Crippen LogP contribution < -0.4 is 0 Å². The van der Waals surface area contributed by atoms with Crippen molar-refractivity contribution in [3.05, 3.63) is 58.1 Å². The predicted molar refractivity (Wildman–Crippen MR) is 94.9 cm³/mol. The van der Waals surface area contributed by atoms with Crippen molar-refractivity contribution in [1.82, 2.24) is 9.97 Å². The third-order valence-electron chi connectivity index (χ3n) is 2.94. The van der Waals surface area contributed by atoms with E-state index in [0.717, 1.165) is 16.2 Å².